The number of rotatable bonds is 11. The van der Waals surface area contributed by atoms with E-state index >= 15 is 0 Å². The van der Waals surface area contributed by atoms with Gasteiger partial charge in [0.15, 0.2) is 24.0 Å². The van der Waals surface area contributed by atoms with Crippen LogP contribution in [0.15, 0.2) is 12.1 Å². The lowest BCUT2D eigenvalue weighted by Gasteiger charge is -2.30. The van der Waals surface area contributed by atoms with Crippen LogP contribution >= 0.6 is 0 Å². The van der Waals surface area contributed by atoms with Gasteiger partial charge in [0.05, 0.1) is 0 Å². The Labute approximate surface area is 201 Å². The second-order valence-corrected chi connectivity index (χ2v) is 14.2. The van der Waals surface area contributed by atoms with Gasteiger partial charge in [0.25, 0.3) is 0 Å². The van der Waals surface area contributed by atoms with E-state index in [4.69, 9.17) is 0 Å². The summed E-state index contributed by atoms with van der Waals surface area (Å²) < 4.78 is 83.6. The highest BCUT2D eigenvalue weighted by atomic mass is 28.3. The number of alkyl halides is 4. The van der Waals surface area contributed by atoms with E-state index in [1.165, 1.54) is 56.7 Å². The molecule has 0 radical (unpaired) electrons. The van der Waals surface area contributed by atoms with Gasteiger partial charge >= 0.3 is 12.3 Å². The van der Waals surface area contributed by atoms with Crippen LogP contribution in [-0.4, -0.2) is 27.8 Å². The van der Waals surface area contributed by atoms with E-state index in [1.807, 2.05) is 0 Å². The molecular formula is C26H38F6OSi. The fourth-order valence-electron chi connectivity index (χ4n) is 5.76. The van der Waals surface area contributed by atoms with Crippen molar-refractivity contribution in [2.24, 2.45) is 11.8 Å². The Morgan fingerprint density at radius 1 is 0.912 bits per heavy atom. The van der Waals surface area contributed by atoms with Crippen molar-refractivity contribution in [1.82, 2.24) is 0 Å². The molecule has 0 atom stereocenters. The minimum absolute atomic E-state index is 0.00900. The first kappa shape index (κ1) is 27.4. The Kier molecular flexibility index (Phi) is 10.2. The third-order valence-electron chi connectivity index (χ3n) is 8.09. The predicted molar refractivity (Wildman–Crippen MR) is 126 cm³/mol. The van der Waals surface area contributed by atoms with Crippen molar-refractivity contribution in [3.05, 3.63) is 29.3 Å². The summed E-state index contributed by atoms with van der Waals surface area (Å²) in [5, 5.41) is 0. The van der Waals surface area contributed by atoms with Crippen LogP contribution in [0.5, 0.6) is 5.75 Å². The monoisotopic (exact) mass is 508 g/mol. The largest absolute Gasteiger partial charge is 0.481 e. The SMILES string of the molecule is CC[SiH]1CCC(CCCCC2CCC(c3cc(F)c(OCC(F)(F)C(F)F)c(F)c3)CC2)CC1. The molecule has 1 heterocycles. The molecule has 3 rings (SSSR count). The number of benzene rings is 1. The normalized spacial score (nSPS) is 26.1. The van der Waals surface area contributed by atoms with E-state index in [0.29, 0.717) is 11.5 Å². The highest BCUT2D eigenvalue weighted by molar-refractivity contribution is 6.58. The van der Waals surface area contributed by atoms with Gasteiger partial charge in [0, 0.05) is 8.80 Å². The van der Waals surface area contributed by atoms with E-state index < -0.39 is 36.3 Å². The Hall–Kier alpha value is -1.18. The molecule has 1 nitrogen and oxygen atoms in total. The van der Waals surface area contributed by atoms with Gasteiger partial charge in [-0.25, -0.2) is 17.6 Å². The molecule has 1 aromatic rings. The number of ether oxygens (including phenoxy) is 1. The zero-order valence-corrected chi connectivity index (χ0v) is 21.3. The number of unbranched alkanes of at least 4 members (excludes halogenated alkanes) is 1. The van der Waals surface area contributed by atoms with Crippen LogP contribution in [0.1, 0.15) is 82.6 Å². The van der Waals surface area contributed by atoms with Gasteiger partial charge in [-0.2, -0.15) is 8.78 Å². The van der Waals surface area contributed by atoms with Crippen molar-refractivity contribution in [2.45, 2.75) is 108 Å². The number of hydrogen-bond acceptors (Lipinski definition) is 1. The molecule has 8 heteroatoms. The summed E-state index contributed by atoms with van der Waals surface area (Å²) in [5.74, 6) is -6.15. The fourth-order valence-corrected chi connectivity index (χ4v) is 8.75. The van der Waals surface area contributed by atoms with Crippen LogP contribution in [-0.2, 0) is 0 Å². The van der Waals surface area contributed by atoms with Crippen LogP contribution in [0.4, 0.5) is 26.3 Å². The molecule has 0 aromatic heterocycles. The third kappa shape index (κ3) is 7.66. The standard InChI is InChI=1S/C26H38F6OSi/c1-2-34-13-11-19(12-14-34)6-4-3-5-18-7-9-20(10-8-18)21-15-22(27)24(23(28)16-21)33-17-26(31,32)25(29)30/h15-16,18-20,25,34H,2-14,17H2,1H3. The Morgan fingerprint density at radius 3 is 1.94 bits per heavy atom. The maximum Gasteiger partial charge on any atom is 0.340 e. The quantitative estimate of drug-likeness (QED) is 0.165. The Bertz CT molecular complexity index is 735. The number of hydrogen-bond donors (Lipinski definition) is 0. The molecule has 194 valence electrons. The van der Waals surface area contributed by atoms with Gasteiger partial charge in [-0.15, -0.1) is 0 Å². The first-order valence-corrected chi connectivity index (χ1v) is 15.4. The predicted octanol–water partition coefficient (Wildman–Crippen LogP) is 8.74. The van der Waals surface area contributed by atoms with Crippen LogP contribution < -0.4 is 4.74 Å². The Balaban J connectivity index is 1.40. The zero-order chi connectivity index (χ0) is 24.7. The van der Waals surface area contributed by atoms with E-state index in [1.54, 1.807) is 0 Å². The lowest BCUT2D eigenvalue weighted by molar-refractivity contribution is -0.148. The average molecular weight is 509 g/mol. The van der Waals surface area contributed by atoms with Crippen molar-refractivity contribution in [2.75, 3.05) is 6.61 Å². The Morgan fingerprint density at radius 2 is 1.44 bits per heavy atom. The van der Waals surface area contributed by atoms with E-state index in [2.05, 4.69) is 11.7 Å². The summed E-state index contributed by atoms with van der Waals surface area (Å²) >= 11 is 0. The van der Waals surface area contributed by atoms with Gasteiger partial charge in [0.1, 0.15) is 0 Å². The maximum absolute atomic E-state index is 14.3. The van der Waals surface area contributed by atoms with Gasteiger partial charge in [-0.1, -0.05) is 63.6 Å². The van der Waals surface area contributed by atoms with Crippen molar-refractivity contribution in [3.63, 3.8) is 0 Å². The molecule has 0 amide bonds. The van der Waals surface area contributed by atoms with Gasteiger partial charge in [-0.3, -0.25) is 0 Å². The highest BCUT2D eigenvalue weighted by Crippen LogP contribution is 2.40. The summed E-state index contributed by atoms with van der Waals surface area (Å²) in [4.78, 5) is 0. The summed E-state index contributed by atoms with van der Waals surface area (Å²) in [6.07, 6.45) is 7.73. The molecule has 0 unspecified atom stereocenters. The molecule has 1 saturated carbocycles. The van der Waals surface area contributed by atoms with Gasteiger partial charge in [0.2, 0.25) is 0 Å². The lowest BCUT2D eigenvalue weighted by atomic mass is 9.77. The van der Waals surface area contributed by atoms with E-state index in [9.17, 15) is 26.3 Å². The van der Waals surface area contributed by atoms with E-state index in [0.717, 1.165) is 43.7 Å². The molecular weight excluding hydrogens is 470 g/mol. The molecule has 2 fully saturated rings. The summed E-state index contributed by atoms with van der Waals surface area (Å²) in [5.41, 5.74) is 0.479. The second kappa shape index (κ2) is 12.7. The van der Waals surface area contributed by atoms with Crippen LogP contribution in [0.2, 0.25) is 18.1 Å². The molecule has 1 aromatic carbocycles. The maximum atomic E-state index is 14.3. The second-order valence-electron chi connectivity index (χ2n) is 10.5. The van der Waals surface area contributed by atoms with Gasteiger partial charge in [-0.05, 0) is 61.1 Å². The average Bonchev–Trinajstić information content (AvgIpc) is 2.82. The highest BCUT2D eigenvalue weighted by Gasteiger charge is 2.42. The van der Waals surface area contributed by atoms with E-state index in [-0.39, 0.29) is 14.7 Å². The smallest absolute Gasteiger partial charge is 0.340 e. The van der Waals surface area contributed by atoms with Crippen molar-refractivity contribution in [3.8, 4) is 5.75 Å². The van der Waals surface area contributed by atoms with Crippen LogP contribution in [0.3, 0.4) is 0 Å². The molecule has 1 saturated heterocycles. The van der Waals surface area contributed by atoms with Crippen molar-refractivity contribution >= 4 is 8.80 Å². The summed E-state index contributed by atoms with van der Waals surface area (Å²) in [6, 6.07) is 6.70. The minimum Gasteiger partial charge on any atom is -0.481 e. The molecule has 0 N–H and O–H groups in total. The molecule has 1 aliphatic heterocycles. The lowest BCUT2D eigenvalue weighted by Crippen LogP contribution is -2.34. The molecule has 2 aliphatic rings. The first-order valence-electron chi connectivity index (χ1n) is 13.0. The third-order valence-corrected chi connectivity index (χ3v) is 11.5. The fraction of sp³-hybridized carbons (Fsp3) is 0.769. The topological polar surface area (TPSA) is 9.23 Å². The summed E-state index contributed by atoms with van der Waals surface area (Å²) in [6.45, 7) is 0.580. The molecule has 0 bridgehead atoms. The van der Waals surface area contributed by atoms with Crippen LogP contribution in [0, 0.1) is 23.5 Å². The minimum atomic E-state index is -4.47. The van der Waals surface area contributed by atoms with Crippen molar-refractivity contribution < 1.29 is 31.1 Å². The summed E-state index contributed by atoms with van der Waals surface area (Å²) in [7, 11) is -0.376. The van der Waals surface area contributed by atoms with Crippen molar-refractivity contribution in [1.29, 1.82) is 0 Å². The van der Waals surface area contributed by atoms with Gasteiger partial charge < -0.3 is 4.74 Å². The molecule has 34 heavy (non-hydrogen) atoms. The molecule has 1 aliphatic carbocycles. The van der Waals surface area contributed by atoms with Crippen LogP contribution in [0.25, 0.3) is 0 Å². The zero-order valence-electron chi connectivity index (χ0n) is 20.1. The first-order chi connectivity index (χ1) is 16.2. The molecule has 0 spiro atoms. The number of halogens is 6.